The first-order valence-corrected chi connectivity index (χ1v) is 9.96. The van der Waals surface area contributed by atoms with Gasteiger partial charge in [0.05, 0.1) is 22.6 Å². The second-order valence-corrected chi connectivity index (χ2v) is 7.33. The molecule has 3 aromatic heterocycles. The normalized spacial score (nSPS) is 11.3. The van der Waals surface area contributed by atoms with E-state index in [-0.39, 0.29) is 0 Å². The fraction of sp³-hybridized carbons (Fsp3) is 0. The Balaban J connectivity index is 1.64. The molecule has 0 bridgehead atoms. The maximum atomic E-state index is 5.03. The number of para-hydroxylation sites is 1. The third kappa shape index (κ3) is 2.64. The molecule has 6 rings (SSSR count). The van der Waals surface area contributed by atoms with Crippen molar-refractivity contribution < 1.29 is 0 Å². The summed E-state index contributed by atoms with van der Waals surface area (Å²) in [6, 6.07) is 31.2. The lowest BCUT2D eigenvalue weighted by Crippen LogP contribution is -1.92. The van der Waals surface area contributed by atoms with Crippen LogP contribution in [0.25, 0.3) is 55.1 Å². The van der Waals surface area contributed by atoms with Gasteiger partial charge in [-0.2, -0.15) is 0 Å². The van der Waals surface area contributed by atoms with Gasteiger partial charge in [-0.3, -0.25) is 9.97 Å². The zero-order valence-corrected chi connectivity index (χ0v) is 16.2. The first-order valence-electron chi connectivity index (χ1n) is 9.96. The molecule has 0 aliphatic carbocycles. The van der Waals surface area contributed by atoms with E-state index in [0.29, 0.717) is 0 Å². The third-order valence-electron chi connectivity index (χ3n) is 5.55. The quantitative estimate of drug-likeness (QED) is 0.314. The molecule has 0 aliphatic heterocycles. The fourth-order valence-corrected chi connectivity index (χ4v) is 4.14. The Bertz CT molecular complexity index is 1510. The Kier molecular flexibility index (Phi) is 3.78. The predicted octanol–water partition coefficient (Wildman–Crippen LogP) is 6.67. The van der Waals surface area contributed by atoms with Crippen molar-refractivity contribution in [1.82, 2.24) is 15.0 Å². The molecule has 0 amide bonds. The van der Waals surface area contributed by atoms with Crippen LogP contribution < -0.4 is 0 Å². The van der Waals surface area contributed by atoms with Crippen LogP contribution in [0, 0.1) is 0 Å². The van der Waals surface area contributed by atoms with Gasteiger partial charge in [-0.15, -0.1) is 0 Å². The summed E-state index contributed by atoms with van der Waals surface area (Å²) < 4.78 is 0. The number of hydrogen-bond donors (Lipinski definition) is 0. The standard InChI is InChI=1S/C27H17N3/c1-2-8-20-18(7-1)12-14-22-26(20)21-9-3-4-10-23(21)30-27(22)19-13-15-25(29-17-19)24-11-5-6-16-28-24/h1-17H. The van der Waals surface area contributed by atoms with E-state index in [1.165, 1.54) is 21.5 Å². The van der Waals surface area contributed by atoms with Gasteiger partial charge in [-0.25, -0.2) is 4.98 Å². The van der Waals surface area contributed by atoms with Gasteiger partial charge in [-0.1, -0.05) is 60.7 Å². The van der Waals surface area contributed by atoms with E-state index < -0.39 is 0 Å². The summed E-state index contributed by atoms with van der Waals surface area (Å²) in [7, 11) is 0. The molecule has 0 unspecified atom stereocenters. The van der Waals surface area contributed by atoms with E-state index in [4.69, 9.17) is 4.98 Å². The summed E-state index contributed by atoms with van der Waals surface area (Å²) in [6.07, 6.45) is 3.68. The summed E-state index contributed by atoms with van der Waals surface area (Å²) >= 11 is 0. The average Bonchev–Trinajstić information content (AvgIpc) is 2.84. The fourth-order valence-electron chi connectivity index (χ4n) is 4.14. The molecule has 30 heavy (non-hydrogen) atoms. The molecule has 140 valence electrons. The maximum absolute atomic E-state index is 5.03. The van der Waals surface area contributed by atoms with E-state index in [0.717, 1.165) is 33.5 Å². The molecular formula is C27H17N3. The summed E-state index contributed by atoms with van der Waals surface area (Å²) in [5, 5.41) is 6.03. The Morgan fingerprint density at radius 2 is 1.33 bits per heavy atom. The first kappa shape index (κ1) is 16.8. The first-order chi connectivity index (χ1) is 14.9. The monoisotopic (exact) mass is 383 g/mol. The van der Waals surface area contributed by atoms with Gasteiger partial charge in [0, 0.05) is 34.1 Å². The number of fused-ring (bicyclic) bond motifs is 5. The molecular weight excluding hydrogens is 366 g/mol. The third-order valence-corrected chi connectivity index (χ3v) is 5.55. The van der Waals surface area contributed by atoms with Crippen LogP contribution in [0.2, 0.25) is 0 Å². The average molecular weight is 383 g/mol. The lowest BCUT2D eigenvalue weighted by molar-refractivity contribution is 1.24. The minimum atomic E-state index is 0.856. The highest BCUT2D eigenvalue weighted by molar-refractivity contribution is 6.22. The van der Waals surface area contributed by atoms with Crippen molar-refractivity contribution in [2.24, 2.45) is 0 Å². The molecule has 3 heteroatoms. The van der Waals surface area contributed by atoms with Crippen LogP contribution in [0.15, 0.2) is 103 Å². The van der Waals surface area contributed by atoms with E-state index in [1.54, 1.807) is 6.20 Å². The van der Waals surface area contributed by atoms with Crippen LogP contribution in [0.5, 0.6) is 0 Å². The van der Waals surface area contributed by atoms with Crippen molar-refractivity contribution in [1.29, 1.82) is 0 Å². The second kappa shape index (κ2) is 6.75. The van der Waals surface area contributed by atoms with E-state index in [1.807, 2.05) is 36.5 Å². The molecule has 0 aliphatic rings. The van der Waals surface area contributed by atoms with Gasteiger partial charge in [0.2, 0.25) is 0 Å². The van der Waals surface area contributed by atoms with Gasteiger partial charge in [0.1, 0.15) is 0 Å². The molecule has 3 heterocycles. The van der Waals surface area contributed by atoms with Crippen LogP contribution >= 0.6 is 0 Å². The highest BCUT2D eigenvalue weighted by atomic mass is 14.8. The molecule has 3 nitrogen and oxygen atoms in total. The topological polar surface area (TPSA) is 38.7 Å². The lowest BCUT2D eigenvalue weighted by Gasteiger charge is -2.12. The van der Waals surface area contributed by atoms with Gasteiger partial charge in [-0.05, 0) is 41.1 Å². The van der Waals surface area contributed by atoms with Crippen LogP contribution in [-0.2, 0) is 0 Å². The van der Waals surface area contributed by atoms with Gasteiger partial charge in [0.25, 0.3) is 0 Å². The Labute approximate surface area is 173 Å². The molecule has 0 fully saturated rings. The lowest BCUT2D eigenvalue weighted by atomic mass is 9.95. The summed E-state index contributed by atoms with van der Waals surface area (Å²) in [5.41, 5.74) is 4.67. The minimum Gasteiger partial charge on any atom is -0.255 e. The van der Waals surface area contributed by atoms with E-state index in [2.05, 4.69) is 70.6 Å². The van der Waals surface area contributed by atoms with E-state index in [9.17, 15) is 0 Å². The van der Waals surface area contributed by atoms with Gasteiger partial charge in [0.15, 0.2) is 0 Å². The molecule has 3 aromatic carbocycles. The predicted molar refractivity (Wildman–Crippen MR) is 123 cm³/mol. The van der Waals surface area contributed by atoms with Crippen LogP contribution in [0.4, 0.5) is 0 Å². The van der Waals surface area contributed by atoms with Crippen LogP contribution in [-0.4, -0.2) is 15.0 Å². The molecule has 0 radical (unpaired) electrons. The Morgan fingerprint density at radius 1 is 0.533 bits per heavy atom. The number of nitrogens with zero attached hydrogens (tertiary/aromatic N) is 3. The molecule has 0 saturated carbocycles. The number of pyridine rings is 3. The summed E-state index contributed by atoms with van der Waals surface area (Å²) in [4.78, 5) is 14.1. The van der Waals surface area contributed by atoms with Crippen molar-refractivity contribution >= 4 is 32.4 Å². The second-order valence-electron chi connectivity index (χ2n) is 7.33. The zero-order chi connectivity index (χ0) is 19.9. The molecule has 0 spiro atoms. The van der Waals surface area contributed by atoms with Crippen molar-refractivity contribution in [3.8, 4) is 22.6 Å². The number of hydrogen-bond acceptors (Lipinski definition) is 3. The SMILES string of the molecule is c1ccc(-c2ccc(-c3nc4ccccc4c4c3ccc3ccccc34)cn2)nc1. The van der Waals surface area contributed by atoms with Crippen molar-refractivity contribution in [3.05, 3.63) is 103 Å². The number of aromatic nitrogens is 3. The maximum Gasteiger partial charge on any atom is 0.0886 e. The van der Waals surface area contributed by atoms with Gasteiger partial charge < -0.3 is 0 Å². The van der Waals surface area contributed by atoms with E-state index >= 15 is 0 Å². The van der Waals surface area contributed by atoms with Crippen molar-refractivity contribution in [2.75, 3.05) is 0 Å². The van der Waals surface area contributed by atoms with Crippen LogP contribution in [0.3, 0.4) is 0 Å². The smallest absolute Gasteiger partial charge is 0.0886 e. The largest absolute Gasteiger partial charge is 0.255 e. The minimum absolute atomic E-state index is 0.856. The Morgan fingerprint density at radius 3 is 2.17 bits per heavy atom. The molecule has 0 saturated heterocycles. The Hall–Kier alpha value is -4.11. The van der Waals surface area contributed by atoms with Crippen molar-refractivity contribution in [3.63, 3.8) is 0 Å². The molecule has 6 aromatic rings. The summed E-state index contributed by atoms with van der Waals surface area (Å²) in [6.45, 7) is 0. The molecule has 0 atom stereocenters. The zero-order valence-electron chi connectivity index (χ0n) is 16.2. The summed E-state index contributed by atoms with van der Waals surface area (Å²) in [5.74, 6) is 0. The number of rotatable bonds is 2. The highest BCUT2D eigenvalue weighted by Crippen LogP contribution is 2.36. The van der Waals surface area contributed by atoms with Gasteiger partial charge >= 0.3 is 0 Å². The number of benzene rings is 3. The van der Waals surface area contributed by atoms with Crippen LogP contribution in [0.1, 0.15) is 0 Å². The molecule has 0 N–H and O–H groups in total. The highest BCUT2D eigenvalue weighted by Gasteiger charge is 2.13. The van der Waals surface area contributed by atoms with Crippen molar-refractivity contribution in [2.45, 2.75) is 0 Å².